The molecular weight excluding hydrogens is 446 g/mol. The number of hydrogen-bond donors (Lipinski definition) is 0. The maximum absolute atomic E-state index is 14.8. The quantitative estimate of drug-likeness (QED) is 0.227. The molecule has 31 heavy (non-hydrogen) atoms. The SMILES string of the molecule is CCN(CC)C(=NC(=C(Cl)Cl)P(=O)(c1ccccc1)c1ccccc1)c1ccccc1. The molecular formula is C25H25Cl2N2OP. The van der Waals surface area contributed by atoms with Crippen molar-refractivity contribution in [3.63, 3.8) is 0 Å². The van der Waals surface area contributed by atoms with Crippen LogP contribution < -0.4 is 10.6 Å². The average Bonchev–Trinajstić information content (AvgIpc) is 2.83. The predicted molar refractivity (Wildman–Crippen MR) is 134 cm³/mol. The molecule has 3 aromatic rings. The van der Waals surface area contributed by atoms with Gasteiger partial charge < -0.3 is 9.46 Å². The van der Waals surface area contributed by atoms with Gasteiger partial charge in [-0.2, -0.15) is 0 Å². The topological polar surface area (TPSA) is 32.7 Å². The van der Waals surface area contributed by atoms with E-state index in [9.17, 15) is 4.57 Å². The molecule has 0 saturated heterocycles. The Morgan fingerprint density at radius 3 is 1.58 bits per heavy atom. The molecule has 3 aromatic carbocycles. The monoisotopic (exact) mass is 470 g/mol. The summed E-state index contributed by atoms with van der Waals surface area (Å²) >= 11 is 12.8. The number of halogens is 2. The summed E-state index contributed by atoms with van der Waals surface area (Å²) in [7, 11) is -3.42. The molecule has 0 bridgehead atoms. The van der Waals surface area contributed by atoms with Crippen molar-refractivity contribution >= 4 is 46.8 Å². The molecule has 0 atom stereocenters. The van der Waals surface area contributed by atoms with Crippen molar-refractivity contribution in [2.75, 3.05) is 13.1 Å². The van der Waals surface area contributed by atoms with Crippen LogP contribution in [0.1, 0.15) is 19.4 Å². The van der Waals surface area contributed by atoms with Gasteiger partial charge in [0, 0.05) is 29.3 Å². The second kappa shape index (κ2) is 10.8. The van der Waals surface area contributed by atoms with Gasteiger partial charge in [-0.1, -0.05) is 114 Å². The molecule has 0 aliphatic carbocycles. The van der Waals surface area contributed by atoms with Crippen molar-refractivity contribution in [3.8, 4) is 0 Å². The maximum atomic E-state index is 14.8. The van der Waals surface area contributed by atoms with Gasteiger partial charge in [0.2, 0.25) is 0 Å². The molecule has 0 saturated carbocycles. The fourth-order valence-electron chi connectivity index (χ4n) is 3.43. The molecule has 0 unspecified atom stereocenters. The Morgan fingerprint density at radius 1 is 0.774 bits per heavy atom. The van der Waals surface area contributed by atoms with E-state index in [1.165, 1.54) is 0 Å². The van der Waals surface area contributed by atoms with E-state index < -0.39 is 7.14 Å². The first kappa shape index (κ1) is 23.3. The molecule has 0 radical (unpaired) electrons. The fourth-order valence-corrected chi connectivity index (χ4v) is 6.67. The van der Waals surface area contributed by atoms with Gasteiger partial charge in [0.25, 0.3) is 0 Å². The molecule has 0 N–H and O–H groups in total. The molecule has 0 fully saturated rings. The van der Waals surface area contributed by atoms with Gasteiger partial charge >= 0.3 is 0 Å². The third kappa shape index (κ3) is 5.13. The Labute approximate surface area is 194 Å². The second-order valence-electron chi connectivity index (χ2n) is 6.84. The van der Waals surface area contributed by atoms with E-state index in [1.54, 1.807) is 0 Å². The van der Waals surface area contributed by atoms with E-state index in [4.69, 9.17) is 28.2 Å². The van der Waals surface area contributed by atoms with Gasteiger partial charge in [-0.25, -0.2) is 4.99 Å². The van der Waals surface area contributed by atoms with Crippen LogP contribution in [-0.2, 0) is 4.57 Å². The molecule has 0 amide bonds. The average molecular weight is 471 g/mol. The lowest BCUT2D eigenvalue weighted by atomic mass is 10.2. The summed E-state index contributed by atoms with van der Waals surface area (Å²) in [6, 6.07) is 28.4. The Hall–Kier alpha value is -2.32. The summed E-state index contributed by atoms with van der Waals surface area (Å²) in [5, 5.41) is 1.26. The van der Waals surface area contributed by atoms with E-state index in [0.29, 0.717) is 16.4 Å². The third-order valence-electron chi connectivity index (χ3n) is 5.01. The number of benzene rings is 3. The lowest BCUT2D eigenvalue weighted by molar-refractivity contribution is 0.466. The van der Waals surface area contributed by atoms with Gasteiger partial charge in [0.1, 0.15) is 15.8 Å². The van der Waals surface area contributed by atoms with Crippen molar-refractivity contribution in [3.05, 3.63) is 106 Å². The van der Waals surface area contributed by atoms with Gasteiger partial charge in [-0.15, -0.1) is 0 Å². The number of amidine groups is 1. The first-order valence-corrected chi connectivity index (χ1v) is 12.6. The van der Waals surface area contributed by atoms with E-state index >= 15 is 0 Å². The first-order valence-electron chi connectivity index (χ1n) is 10.2. The van der Waals surface area contributed by atoms with Crippen LogP contribution in [0.3, 0.4) is 0 Å². The Bertz CT molecular complexity index is 1050. The van der Waals surface area contributed by atoms with Crippen LogP contribution in [0.2, 0.25) is 0 Å². The molecule has 0 aliphatic heterocycles. The predicted octanol–water partition coefficient (Wildman–Crippen LogP) is 6.39. The molecule has 0 heterocycles. The van der Waals surface area contributed by atoms with Crippen LogP contribution in [-0.4, -0.2) is 23.8 Å². The van der Waals surface area contributed by atoms with Crippen molar-refractivity contribution in [1.29, 1.82) is 0 Å². The molecule has 160 valence electrons. The molecule has 3 nitrogen and oxygen atoms in total. The van der Waals surface area contributed by atoms with E-state index in [1.807, 2.05) is 91.0 Å². The van der Waals surface area contributed by atoms with Crippen LogP contribution in [0.5, 0.6) is 0 Å². The normalized spacial score (nSPS) is 11.8. The molecule has 6 heteroatoms. The van der Waals surface area contributed by atoms with Crippen molar-refractivity contribution < 1.29 is 4.57 Å². The Balaban J connectivity index is 2.32. The molecule has 0 spiro atoms. The number of nitrogens with zero attached hydrogens (tertiary/aromatic N) is 2. The summed E-state index contributed by atoms with van der Waals surface area (Å²) in [5.74, 6) is 0.687. The van der Waals surface area contributed by atoms with Crippen molar-refractivity contribution in [1.82, 2.24) is 4.90 Å². The molecule has 3 rings (SSSR count). The highest BCUT2D eigenvalue weighted by Crippen LogP contribution is 2.55. The number of aliphatic imine (C=N–C) groups is 1. The second-order valence-corrected chi connectivity index (χ2v) is 10.5. The van der Waals surface area contributed by atoms with Crippen LogP contribution in [0.15, 0.2) is 106 Å². The summed E-state index contributed by atoms with van der Waals surface area (Å²) in [6.07, 6.45) is 0. The number of hydrogen-bond acceptors (Lipinski definition) is 2. The lowest BCUT2D eigenvalue weighted by Crippen LogP contribution is -2.32. The third-order valence-corrected chi connectivity index (χ3v) is 8.61. The summed E-state index contributed by atoms with van der Waals surface area (Å²) < 4.78 is 14.7. The minimum atomic E-state index is -3.42. The van der Waals surface area contributed by atoms with Gasteiger partial charge in [0.15, 0.2) is 7.14 Å². The first-order chi connectivity index (χ1) is 15.0. The van der Waals surface area contributed by atoms with Crippen LogP contribution in [0, 0.1) is 0 Å². The highest BCUT2D eigenvalue weighted by Gasteiger charge is 2.35. The van der Waals surface area contributed by atoms with Crippen molar-refractivity contribution in [2.24, 2.45) is 4.99 Å². The smallest absolute Gasteiger partial charge is 0.191 e. The van der Waals surface area contributed by atoms with Crippen LogP contribution >= 0.6 is 30.3 Å². The summed E-state index contributed by atoms with van der Waals surface area (Å²) in [5.41, 5.74) is 1.09. The summed E-state index contributed by atoms with van der Waals surface area (Å²) in [6.45, 7) is 5.58. The standard InChI is InChI=1S/C25H25Cl2N2OP/c1-3-29(4-2)24(20-14-8-5-9-15-20)28-25(23(26)27)31(30,21-16-10-6-11-17-21)22-18-12-7-13-19-22/h5-19H,3-4H2,1-2H3. The zero-order valence-corrected chi connectivity index (χ0v) is 20.0. The summed E-state index contributed by atoms with van der Waals surface area (Å²) in [4.78, 5) is 7.01. The fraction of sp³-hybridized carbons (Fsp3) is 0.160. The van der Waals surface area contributed by atoms with Crippen LogP contribution in [0.25, 0.3) is 0 Å². The Morgan fingerprint density at radius 2 is 1.19 bits per heavy atom. The number of rotatable bonds is 7. The van der Waals surface area contributed by atoms with E-state index in [2.05, 4.69) is 18.7 Å². The van der Waals surface area contributed by atoms with Crippen LogP contribution in [0.4, 0.5) is 0 Å². The molecule has 0 aromatic heterocycles. The van der Waals surface area contributed by atoms with E-state index in [-0.39, 0.29) is 9.93 Å². The van der Waals surface area contributed by atoms with Crippen molar-refractivity contribution in [2.45, 2.75) is 13.8 Å². The minimum Gasteiger partial charge on any atom is -0.357 e. The highest BCUT2D eigenvalue weighted by molar-refractivity contribution is 7.82. The highest BCUT2D eigenvalue weighted by atomic mass is 35.5. The van der Waals surface area contributed by atoms with Gasteiger partial charge in [-0.3, -0.25) is 0 Å². The minimum absolute atomic E-state index is 0.100. The largest absolute Gasteiger partial charge is 0.357 e. The lowest BCUT2D eigenvalue weighted by Gasteiger charge is -2.26. The molecule has 0 aliphatic rings. The van der Waals surface area contributed by atoms with Gasteiger partial charge in [0.05, 0.1) is 0 Å². The Kier molecular flexibility index (Phi) is 8.15. The van der Waals surface area contributed by atoms with E-state index in [0.717, 1.165) is 18.7 Å². The van der Waals surface area contributed by atoms with Gasteiger partial charge in [-0.05, 0) is 13.8 Å². The zero-order valence-electron chi connectivity index (χ0n) is 17.6. The zero-order chi connectivity index (χ0) is 22.3. The maximum Gasteiger partial charge on any atom is 0.191 e.